The Morgan fingerprint density at radius 3 is 2.47 bits per heavy atom. The van der Waals surface area contributed by atoms with E-state index in [0.717, 1.165) is 11.2 Å². The fraction of sp³-hybridized carbons (Fsp3) is 0.929. The van der Waals surface area contributed by atoms with Crippen molar-refractivity contribution in [2.75, 3.05) is 12.9 Å². The molecule has 0 radical (unpaired) electrons. The maximum atomic E-state index is 11.3. The van der Waals surface area contributed by atoms with Gasteiger partial charge in [-0.05, 0) is 55.6 Å². The van der Waals surface area contributed by atoms with Crippen molar-refractivity contribution in [1.29, 1.82) is 0 Å². The van der Waals surface area contributed by atoms with Gasteiger partial charge in [0.1, 0.15) is 0 Å². The van der Waals surface area contributed by atoms with E-state index < -0.39 is 0 Å². The van der Waals surface area contributed by atoms with Crippen molar-refractivity contribution in [3.63, 3.8) is 0 Å². The average molecular weight is 256 g/mol. The van der Waals surface area contributed by atoms with Crippen LogP contribution in [0.1, 0.15) is 51.9 Å². The van der Waals surface area contributed by atoms with Gasteiger partial charge >= 0.3 is 5.97 Å². The first-order chi connectivity index (χ1) is 8.13. The van der Waals surface area contributed by atoms with Crippen molar-refractivity contribution in [3.8, 4) is 0 Å². The maximum Gasteiger partial charge on any atom is 0.306 e. The minimum Gasteiger partial charge on any atom is -0.469 e. The second kappa shape index (κ2) is 5.64. The van der Waals surface area contributed by atoms with Gasteiger partial charge in [-0.1, -0.05) is 6.92 Å². The Labute approximate surface area is 109 Å². The molecule has 0 bridgehead atoms. The van der Waals surface area contributed by atoms with E-state index in [9.17, 15) is 4.79 Å². The molecule has 3 heteroatoms. The molecule has 0 atom stereocenters. The number of carbonyl (C=O) groups is 1. The van der Waals surface area contributed by atoms with Gasteiger partial charge in [0, 0.05) is 5.25 Å². The lowest BCUT2D eigenvalue weighted by Crippen LogP contribution is -2.18. The number of methoxy groups -OCH3 is 1. The van der Waals surface area contributed by atoms with E-state index in [0.29, 0.717) is 11.8 Å². The lowest BCUT2D eigenvalue weighted by molar-refractivity contribution is -0.141. The van der Waals surface area contributed by atoms with Crippen LogP contribution >= 0.6 is 11.8 Å². The number of rotatable bonds is 5. The molecule has 0 heterocycles. The molecule has 2 rings (SSSR count). The smallest absolute Gasteiger partial charge is 0.306 e. The summed E-state index contributed by atoms with van der Waals surface area (Å²) in [6, 6.07) is 0. The summed E-state index contributed by atoms with van der Waals surface area (Å²) in [5, 5.41) is 0.848. The minimum atomic E-state index is -0.0274. The molecule has 0 spiro atoms. The van der Waals surface area contributed by atoms with Gasteiger partial charge in [-0.15, -0.1) is 0 Å². The van der Waals surface area contributed by atoms with Crippen molar-refractivity contribution in [3.05, 3.63) is 0 Å². The van der Waals surface area contributed by atoms with Crippen LogP contribution < -0.4 is 0 Å². The number of carbonyl (C=O) groups excluding carboxylic acids is 1. The summed E-state index contributed by atoms with van der Waals surface area (Å²) in [7, 11) is 1.49. The SMILES string of the molecule is COC(=O)CC1(CSC2CCC(C)CC2)CC1. The molecule has 0 saturated heterocycles. The highest BCUT2D eigenvalue weighted by Gasteiger charge is 2.44. The van der Waals surface area contributed by atoms with E-state index in [1.54, 1.807) is 0 Å². The fourth-order valence-corrected chi connectivity index (χ4v) is 4.20. The highest BCUT2D eigenvalue weighted by Crippen LogP contribution is 2.52. The van der Waals surface area contributed by atoms with E-state index in [2.05, 4.69) is 18.7 Å². The van der Waals surface area contributed by atoms with Gasteiger partial charge in [0.15, 0.2) is 0 Å². The Hall–Kier alpha value is -0.180. The summed E-state index contributed by atoms with van der Waals surface area (Å²) in [5.74, 6) is 2.07. The molecule has 0 N–H and O–H groups in total. The van der Waals surface area contributed by atoms with Gasteiger partial charge in [-0.3, -0.25) is 4.79 Å². The van der Waals surface area contributed by atoms with Crippen LogP contribution in [-0.4, -0.2) is 24.1 Å². The quantitative estimate of drug-likeness (QED) is 0.702. The van der Waals surface area contributed by atoms with E-state index in [-0.39, 0.29) is 5.97 Å². The number of hydrogen-bond acceptors (Lipinski definition) is 3. The molecule has 0 aromatic carbocycles. The van der Waals surface area contributed by atoms with Crippen molar-refractivity contribution >= 4 is 17.7 Å². The van der Waals surface area contributed by atoms with Gasteiger partial charge in [0.2, 0.25) is 0 Å². The molecule has 2 aliphatic carbocycles. The van der Waals surface area contributed by atoms with Gasteiger partial charge in [-0.2, -0.15) is 11.8 Å². The highest BCUT2D eigenvalue weighted by molar-refractivity contribution is 7.99. The van der Waals surface area contributed by atoms with Crippen LogP contribution in [0.25, 0.3) is 0 Å². The molecule has 0 aliphatic heterocycles. The molecule has 2 nitrogen and oxygen atoms in total. The molecule has 2 fully saturated rings. The lowest BCUT2D eigenvalue weighted by atomic mass is 9.91. The van der Waals surface area contributed by atoms with Crippen LogP contribution in [0.15, 0.2) is 0 Å². The van der Waals surface area contributed by atoms with Gasteiger partial charge < -0.3 is 4.74 Å². The van der Waals surface area contributed by atoms with E-state index in [1.165, 1.54) is 51.4 Å². The van der Waals surface area contributed by atoms with Gasteiger partial charge in [0.25, 0.3) is 0 Å². The van der Waals surface area contributed by atoms with Crippen LogP contribution in [0.3, 0.4) is 0 Å². The second-order valence-electron chi connectivity index (χ2n) is 5.95. The molecule has 0 aromatic rings. The first-order valence-electron chi connectivity index (χ1n) is 6.82. The molecular formula is C14H24O2S. The molecular weight excluding hydrogens is 232 g/mol. The van der Waals surface area contributed by atoms with E-state index in [4.69, 9.17) is 4.74 Å². The summed E-state index contributed by atoms with van der Waals surface area (Å²) in [6.07, 6.45) is 8.61. The van der Waals surface area contributed by atoms with E-state index >= 15 is 0 Å². The average Bonchev–Trinajstić information content (AvgIpc) is 3.09. The Kier molecular flexibility index (Phi) is 4.40. The van der Waals surface area contributed by atoms with Crippen LogP contribution in [0, 0.1) is 11.3 Å². The summed E-state index contributed by atoms with van der Waals surface area (Å²) >= 11 is 2.11. The van der Waals surface area contributed by atoms with Crippen molar-refractivity contribution in [2.45, 2.75) is 57.1 Å². The van der Waals surface area contributed by atoms with Crippen LogP contribution in [-0.2, 0) is 9.53 Å². The predicted molar refractivity (Wildman–Crippen MR) is 72.2 cm³/mol. The van der Waals surface area contributed by atoms with Crippen molar-refractivity contribution < 1.29 is 9.53 Å². The monoisotopic (exact) mass is 256 g/mol. The number of esters is 1. The van der Waals surface area contributed by atoms with Crippen molar-refractivity contribution in [1.82, 2.24) is 0 Å². The van der Waals surface area contributed by atoms with Crippen molar-refractivity contribution in [2.24, 2.45) is 11.3 Å². The zero-order valence-corrected chi connectivity index (χ0v) is 11.9. The predicted octanol–water partition coefficient (Wildman–Crippen LogP) is 3.64. The third-order valence-corrected chi connectivity index (χ3v) is 6.01. The molecule has 17 heavy (non-hydrogen) atoms. The molecule has 0 amide bonds. The van der Waals surface area contributed by atoms with Gasteiger partial charge in [0.05, 0.1) is 13.5 Å². The van der Waals surface area contributed by atoms with Gasteiger partial charge in [-0.25, -0.2) is 0 Å². The largest absolute Gasteiger partial charge is 0.469 e. The molecule has 2 aliphatic rings. The Morgan fingerprint density at radius 1 is 1.29 bits per heavy atom. The normalized spacial score (nSPS) is 30.9. The fourth-order valence-electron chi connectivity index (χ4n) is 2.62. The molecule has 0 aromatic heterocycles. The topological polar surface area (TPSA) is 26.3 Å². The first-order valence-corrected chi connectivity index (χ1v) is 7.87. The van der Waals surface area contributed by atoms with Crippen LogP contribution in [0.5, 0.6) is 0 Å². The third kappa shape index (κ3) is 3.90. The number of ether oxygens (including phenoxy) is 1. The number of hydrogen-bond donors (Lipinski definition) is 0. The molecule has 0 unspecified atom stereocenters. The Bertz CT molecular complexity index is 265. The standard InChI is InChI=1S/C14H24O2S/c1-11-3-5-12(6-4-11)17-10-14(7-8-14)9-13(15)16-2/h11-12H,3-10H2,1-2H3. The van der Waals surface area contributed by atoms with Crippen LogP contribution in [0.4, 0.5) is 0 Å². The Balaban J connectivity index is 1.69. The summed E-state index contributed by atoms with van der Waals surface area (Å²) in [4.78, 5) is 11.3. The summed E-state index contributed by atoms with van der Waals surface area (Å²) < 4.78 is 4.78. The third-order valence-electron chi connectivity index (χ3n) is 4.29. The summed E-state index contributed by atoms with van der Waals surface area (Å²) in [5.41, 5.74) is 0.306. The second-order valence-corrected chi connectivity index (χ2v) is 7.23. The number of thioether (sulfide) groups is 1. The lowest BCUT2D eigenvalue weighted by Gasteiger charge is -2.27. The molecule has 2 saturated carbocycles. The zero-order valence-electron chi connectivity index (χ0n) is 11.0. The first kappa shape index (κ1) is 13.3. The van der Waals surface area contributed by atoms with Crippen LogP contribution in [0.2, 0.25) is 0 Å². The minimum absolute atomic E-state index is 0.0274. The summed E-state index contributed by atoms with van der Waals surface area (Å²) in [6.45, 7) is 2.36. The van der Waals surface area contributed by atoms with E-state index in [1.807, 2.05) is 0 Å². The molecule has 98 valence electrons. The highest BCUT2D eigenvalue weighted by atomic mass is 32.2. The maximum absolute atomic E-state index is 11.3. The zero-order chi connectivity index (χ0) is 12.3. The Morgan fingerprint density at radius 2 is 1.94 bits per heavy atom.